The van der Waals surface area contributed by atoms with Crippen LogP contribution in [0.4, 0.5) is 0 Å². The van der Waals surface area contributed by atoms with E-state index in [0.717, 1.165) is 25.6 Å². The molecule has 1 aromatic rings. The van der Waals surface area contributed by atoms with E-state index >= 15 is 0 Å². The summed E-state index contributed by atoms with van der Waals surface area (Å²) in [5.74, 6) is 1.52. The zero-order valence-corrected chi connectivity index (χ0v) is 16.4. The molecule has 1 aromatic carbocycles. The monoisotopic (exact) mass is 346 g/mol. The predicted molar refractivity (Wildman–Crippen MR) is 105 cm³/mol. The lowest BCUT2D eigenvalue weighted by molar-refractivity contribution is 0.184. The van der Waals surface area contributed by atoms with Gasteiger partial charge in [0.25, 0.3) is 0 Å². The van der Waals surface area contributed by atoms with Crippen molar-refractivity contribution in [2.75, 3.05) is 26.7 Å². The van der Waals surface area contributed by atoms with E-state index in [1.165, 1.54) is 11.1 Å². The maximum Gasteiger partial charge on any atom is 0.191 e. The molecule has 0 spiro atoms. The second kappa shape index (κ2) is 9.78. The van der Waals surface area contributed by atoms with E-state index in [4.69, 9.17) is 9.73 Å². The van der Waals surface area contributed by atoms with E-state index < -0.39 is 0 Å². The number of hydrogen-bond donors (Lipinski definition) is 2. The van der Waals surface area contributed by atoms with Crippen LogP contribution in [0.1, 0.15) is 38.8 Å². The maximum atomic E-state index is 5.29. The minimum atomic E-state index is 0.439. The number of nitrogens with one attached hydrogen (secondary N) is 2. The third-order valence-electron chi connectivity index (χ3n) is 4.86. The van der Waals surface area contributed by atoms with Crippen molar-refractivity contribution in [3.05, 3.63) is 35.4 Å². The third-order valence-corrected chi connectivity index (χ3v) is 4.86. The Morgan fingerprint density at radius 1 is 1.28 bits per heavy atom. The van der Waals surface area contributed by atoms with Crippen LogP contribution in [0.3, 0.4) is 0 Å². The Kier molecular flexibility index (Phi) is 7.72. The van der Waals surface area contributed by atoms with Crippen LogP contribution in [0.15, 0.2) is 29.3 Å². The van der Waals surface area contributed by atoms with Crippen molar-refractivity contribution in [3.63, 3.8) is 0 Å². The molecule has 0 aromatic heterocycles. The number of likely N-dealkylation sites (tertiary alicyclic amines) is 1. The SMILES string of the molecule is CCNC(=NCc1ccccc1COC)NC1CN(C(C)C)CC1C. The highest BCUT2D eigenvalue weighted by Gasteiger charge is 2.31. The molecule has 1 saturated heterocycles. The van der Waals surface area contributed by atoms with Gasteiger partial charge in [-0.2, -0.15) is 0 Å². The molecule has 1 aliphatic heterocycles. The van der Waals surface area contributed by atoms with E-state index in [0.29, 0.717) is 31.2 Å². The van der Waals surface area contributed by atoms with Gasteiger partial charge in [-0.15, -0.1) is 0 Å². The lowest BCUT2D eigenvalue weighted by atomic mass is 10.1. The average molecular weight is 347 g/mol. The normalized spacial score (nSPS) is 21.8. The van der Waals surface area contributed by atoms with Crippen LogP contribution in [0.2, 0.25) is 0 Å². The first kappa shape index (κ1) is 19.7. The lowest BCUT2D eigenvalue weighted by Gasteiger charge is -2.22. The minimum Gasteiger partial charge on any atom is -0.380 e. The van der Waals surface area contributed by atoms with Crippen LogP contribution < -0.4 is 10.6 Å². The maximum absolute atomic E-state index is 5.29. The van der Waals surface area contributed by atoms with Crippen LogP contribution in [-0.2, 0) is 17.9 Å². The number of rotatable bonds is 7. The van der Waals surface area contributed by atoms with Crippen molar-refractivity contribution in [1.82, 2.24) is 15.5 Å². The van der Waals surface area contributed by atoms with Crippen LogP contribution in [0, 0.1) is 5.92 Å². The molecule has 0 saturated carbocycles. The van der Waals surface area contributed by atoms with Crippen LogP contribution >= 0.6 is 0 Å². The van der Waals surface area contributed by atoms with Gasteiger partial charge >= 0.3 is 0 Å². The van der Waals surface area contributed by atoms with Gasteiger partial charge in [0.15, 0.2) is 5.96 Å². The second-order valence-electron chi connectivity index (χ2n) is 7.17. The Morgan fingerprint density at radius 2 is 2.00 bits per heavy atom. The minimum absolute atomic E-state index is 0.439. The Balaban J connectivity index is 2.04. The van der Waals surface area contributed by atoms with Gasteiger partial charge in [-0.3, -0.25) is 4.90 Å². The zero-order valence-electron chi connectivity index (χ0n) is 16.4. The summed E-state index contributed by atoms with van der Waals surface area (Å²) in [6.45, 7) is 13.3. The molecule has 5 heteroatoms. The molecule has 5 nitrogen and oxygen atoms in total. The molecule has 2 atom stereocenters. The van der Waals surface area contributed by atoms with Gasteiger partial charge in [-0.25, -0.2) is 4.99 Å². The van der Waals surface area contributed by atoms with Gasteiger partial charge in [-0.05, 0) is 37.8 Å². The Bertz CT molecular complexity index is 558. The summed E-state index contributed by atoms with van der Waals surface area (Å²) in [4.78, 5) is 7.34. The molecule has 2 N–H and O–H groups in total. The summed E-state index contributed by atoms with van der Waals surface area (Å²) in [6, 6.07) is 9.37. The Labute approximate surface area is 152 Å². The first-order chi connectivity index (χ1) is 12.0. The van der Waals surface area contributed by atoms with E-state index in [1.54, 1.807) is 7.11 Å². The molecule has 1 heterocycles. The number of benzene rings is 1. The fraction of sp³-hybridized carbons (Fsp3) is 0.650. The summed E-state index contributed by atoms with van der Waals surface area (Å²) < 4.78 is 5.29. The molecule has 140 valence electrons. The van der Waals surface area contributed by atoms with Crippen molar-refractivity contribution >= 4 is 5.96 Å². The summed E-state index contributed by atoms with van der Waals surface area (Å²) >= 11 is 0. The smallest absolute Gasteiger partial charge is 0.191 e. The van der Waals surface area contributed by atoms with Crippen LogP contribution in [0.25, 0.3) is 0 Å². The third kappa shape index (κ3) is 5.72. The van der Waals surface area contributed by atoms with Crippen molar-refractivity contribution in [2.24, 2.45) is 10.9 Å². The zero-order chi connectivity index (χ0) is 18.2. The number of ether oxygens (including phenoxy) is 1. The summed E-state index contributed by atoms with van der Waals surface area (Å²) in [5, 5.41) is 7.02. The van der Waals surface area contributed by atoms with Crippen molar-refractivity contribution in [2.45, 2.75) is 52.9 Å². The highest BCUT2D eigenvalue weighted by molar-refractivity contribution is 5.80. The molecule has 1 fully saturated rings. The van der Waals surface area contributed by atoms with Gasteiger partial charge in [-0.1, -0.05) is 31.2 Å². The fourth-order valence-corrected chi connectivity index (χ4v) is 3.28. The molecule has 2 unspecified atom stereocenters. The van der Waals surface area contributed by atoms with Crippen molar-refractivity contribution in [3.8, 4) is 0 Å². The predicted octanol–water partition coefficient (Wildman–Crippen LogP) is 2.62. The van der Waals surface area contributed by atoms with Crippen molar-refractivity contribution in [1.29, 1.82) is 0 Å². The number of methoxy groups -OCH3 is 1. The van der Waals surface area contributed by atoms with E-state index in [1.807, 2.05) is 6.07 Å². The quantitative estimate of drug-likeness (QED) is 0.589. The lowest BCUT2D eigenvalue weighted by Crippen LogP contribution is -2.46. The second-order valence-corrected chi connectivity index (χ2v) is 7.17. The molecule has 25 heavy (non-hydrogen) atoms. The van der Waals surface area contributed by atoms with E-state index in [9.17, 15) is 0 Å². The number of hydrogen-bond acceptors (Lipinski definition) is 3. The summed E-state index contributed by atoms with van der Waals surface area (Å²) in [5.41, 5.74) is 2.41. The summed E-state index contributed by atoms with van der Waals surface area (Å²) in [6.07, 6.45) is 0. The van der Waals surface area contributed by atoms with Gasteiger partial charge in [0.2, 0.25) is 0 Å². The van der Waals surface area contributed by atoms with Crippen LogP contribution in [-0.4, -0.2) is 49.7 Å². The number of aliphatic imine (C=N–C) groups is 1. The highest BCUT2D eigenvalue weighted by atomic mass is 16.5. The topological polar surface area (TPSA) is 48.9 Å². The molecule has 0 radical (unpaired) electrons. The highest BCUT2D eigenvalue weighted by Crippen LogP contribution is 2.18. The number of nitrogens with zero attached hydrogens (tertiary/aromatic N) is 2. The fourth-order valence-electron chi connectivity index (χ4n) is 3.28. The first-order valence-corrected chi connectivity index (χ1v) is 9.39. The Morgan fingerprint density at radius 3 is 2.60 bits per heavy atom. The molecular formula is C20H34N4O. The molecular weight excluding hydrogens is 312 g/mol. The first-order valence-electron chi connectivity index (χ1n) is 9.39. The van der Waals surface area contributed by atoms with Crippen molar-refractivity contribution < 1.29 is 4.74 Å². The van der Waals surface area contributed by atoms with Gasteiger partial charge in [0.05, 0.1) is 13.2 Å². The largest absolute Gasteiger partial charge is 0.380 e. The van der Waals surface area contributed by atoms with E-state index in [2.05, 4.69) is 61.4 Å². The standard InChI is InChI=1S/C20H34N4O/c1-6-21-20(23-19-13-24(15(2)3)12-16(19)4)22-11-17-9-7-8-10-18(17)14-25-5/h7-10,15-16,19H,6,11-14H2,1-5H3,(H2,21,22,23). The molecule has 0 amide bonds. The number of guanidine groups is 1. The van der Waals surface area contributed by atoms with Gasteiger partial charge in [0, 0.05) is 38.8 Å². The average Bonchev–Trinajstić information content (AvgIpc) is 2.95. The molecule has 0 bridgehead atoms. The van der Waals surface area contributed by atoms with Gasteiger partial charge in [0.1, 0.15) is 0 Å². The molecule has 2 rings (SSSR count). The van der Waals surface area contributed by atoms with Crippen LogP contribution in [0.5, 0.6) is 0 Å². The van der Waals surface area contributed by atoms with Gasteiger partial charge < -0.3 is 15.4 Å². The molecule has 1 aliphatic rings. The summed E-state index contributed by atoms with van der Waals surface area (Å²) in [7, 11) is 1.73. The molecule has 0 aliphatic carbocycles. The Hall–Kier alpha value is -1.59. The van der Waals surface area contributed by atoms with E-state index in [-0.39, 0.29) is 0 Å².